The first-order valence-corrected chi connectivity index (χ1v) is 8.59. The summed E-state index contributed by atoms with van der Waals surface area (Å²) in [6.07, 6.45) is -1.75. The Hall–Kier alpha value is -3.22. The SMILES string of the molecule is CC(NC(=O)C(CC(=O)O)NC(=O)C(CC(=O)O)NC(=O)C(N)C(C)C)C(=O)O. The molecular weight excluding hydrogens is 392 g/mol. The van der Waals surface area contributed by atoms with E-state index in [0.717, 1.165) is 6.92 Å². The van der Waals surface area contributed by atoms with Crippen LogP contribution in [0, 0.1) is 5.92 Å². The van der Waals surface area contributed by atoms with Gasteiger partial charge in [-0.25, -0.2) is 0 Å². The van der Waals surface area contributed by atoms with E-state index in [4.69, 9.17) is 21.1 Å². The number of carboxylic acid groups (broad SMARTS) is 3. The van der Waals surface area contributed by atoms with E-state index in [9.17, 15) is 28.8 Å². The summed E-state index contributed by atoms with van der Waals surface area (Å²) in [5, 5.41) is 32.9. The van der Waals surface area contributed by atoms with Gasteiger partial charge in [-0.2, -0.15) is 0 Å². The molecule has 0 saturated heterocycles. The minimum atomic E-state index is -1.70. The number of nitrogens with one attached hydrogen (secondary N) is 3. The number of nitrogens with two attached hydrogens (primary N) is 1. The minimum Gasteiger partial charge on any atom is -0.481 e. The number of hydrogen-bond acceptors (Lipinski definition) is 7. The molecule has 0 aromatic heterocycles. The number of hydrogen-bond donors (Lipinski definition) is 7. The second kappa shape index (κ2) is 11.6. The Bertz CT molecular complexity index is 665. The largest absolute Gasteiger partial charge is 0.481 e. The lowest BCUT2D eigenvalue weighted by molar-refractivity contribution is -0.144. The Morgan fingerprint density at radius 1 is 0.724 bits per heavy atom. The molecular formula is C16H26N4O9. The summed E-state index contributed by atoms with van der Waals surface area (Å²) in [6.45, 7) is 4.39. The van der Waals surface area contributed by atoms with Crippen molar-refractivity contribution in [2.24, 2.45) is 11.7 Å². The molecule has 0 fully saturated rings. The summed E-state index contributed by atoms with van der Waals surface area (Å²) in [6, 6.07) is -5.73. The lowest BCUT2D eigenvalue weighted by Crippen LogP contribution is -2.58. The Morgan fingerprint density at radius 3 is 1.45 bits per heavy atom. The summed E-state index contributed by atoms with van der Waals surface area (Å²) >= 11 is 0. The highest BCUT2D eigenvalue weighted by Crippen LogP contribution is 2.03. The Balaban J connectivity index is 5.41. The van der Waals surface area contributed by atoms with Gasteiger partial charge in [0, 0.05) is 0 Å². The van der Waals surface area contributed by atoms with Gasteiger partial charge in [0.25, 0.3) is 0 Å². The molecule has 13 heteroatoms. The van der Waals surface area contributed by atoms with Gasteiger partial charge in [-0.15, -0.1) is 0 Å². The van der Waals surface area contributed by atoms with Crippen LogP contribution in [-0.2, 0) is 28.8 Å². The van der Waals surface area contributed by atoms with Crippen LogP contribution in [0.4, 0.5) is 0 Å². The Kier molecular flexibility index (Phi) is 10.3. The molecule has 0 heterocycles. The van der Waals surface area contributed by atoms with Crippen molar-refractivity contribution in [1.82, 2.24) is 16.0 Å². The van der Waals surface area contributed by atoms with Crippen LogP contribution >= 0.6 is 0 Å². The maximum atomic E-state index is 12.4. The normalized spacial score (nSPS) is 14.8. The van der Waals surface area contributed by atoms with Crippen molar-refractivity contribution < 1.29 is 44.1 Å². The van der Waals surface area contributed by atoms with E-state index in [1.165, 1.54) is 0 Å². The van der Waals surface area contributed by atoms with Crippen LogP contribution in [0.5, 0.6) is 0 Å². The maximum Gasteiger partial charge on any atom is 0.325 e. The Labute approximate surface area is 166 Å². The van der Waals surface area contributed by atoms with Crippen molar-refractivity contribution in [3.8, 4) is 0 Å². The van der Waals surface area contributed by atoms with E-state index in [-0.39, 0.29) is 5.92 Å². The molecule has 0 aromatic carbocycles. The number of rotatable bonds is 12. The lowest BCUT2D eigenvalue weighted by Gasteiger charge is -2.24. The van der Waals surface area contributed by atoms with Crippen LogP contribution in [0.25, 0.3) is 0 Å². The van der Waals surface area contributed by atoms with E-state index >= 15 is 0 Å². The number of aliphatic carboxylic acids is 3. The molecule has 0 spiro atoms. The minimum absolute atomic E-state index is 0.313. The molecule has 0 aliphatic heterocycles. The zero-order chi connectivity index (χ0) is 22.9. The van der Waals surface area contributed by atoms with Gasteiger partial charge in [0.2, 0.25) is 17.7 Å². The van der Waals surface area contributed by atoms with Crippen LogP contribution in [0.3, 0.4) is 0 Å². The first-order chi connectivity index (χ1) is 13.3. The van der Waals surface area contributed by atoms with Gasteiger partial charge >= 0.3 is 17.9 Å². The first kappa shape index (κ1) is 25.8. The van der Waals surface area contributed by atoms with Gasteiger partial charge in [0.1, 0.15) is 18.1 Å². The quantitative estimate of drug-likeness (QED) is 0.176. The van der Waals surface area contributed by atoms with Crippen LogP contribution in [0.2, 0.25) is 0 Å². The molecule has 4 unspecified atom stereocenters. The number of amides is 3. The van der Waals surface area contributed by atoms with Crippen molar-refractivity contribution in [3.05, 3.63) is 0 Å². The fourth-order valence-corrected chi connectivity index (χ4v) is 1.99. The second-order valence-electron chi connectivity index (χ2n) is 6.66. The molecule has 0 aliphatic rings. The van der Waals surface area contributed by atoms with Gasteiger partial charge in [-0.1, -0.05) is 13.8 Å². The topological polar surface area (TPSA) is 225 Å². The van der Waals surface area contributed by atoms with E-state index in [2.05, 4.69) is 5.32 Å². The molecule has 29 heavy (non-hydrogen) atoms. The third-order valence-corrected chi connectivity index (χ3v) is 3.77. The van der Waals surface area contributed by atoms with E-state index in [1.54, 1.807) is 13.8 Å². The molecule has 0 aromatic rings. The second-order valence-corrected chi connectivity index (χ2v) is 6.66. The van der Waals surface area contributed by atoms with Crippen molar-refractivity contribution in [3.63, 3.8) is 0 Å². The van der Waals surface area contributed by atoms with Crippen molar-refractivity contribution in [1.29, 1.82) is 0 Å². The first-order valence-electron chi connectivity index (χ1n) is 8.59. The van der Waals surface area contributed by atoms with Crippen molar-refractivity contribution in [2.75, 3.05) is 0 Å². The zero-order valence-electron chi connectivity index (χ0n) is 16.2. The summed E-state index contributed by atoms with van der Waals surface area (Å²) in [5.41, 5.74) is 5.65. The number of carbonyl (C=O) groups excluding carboxylic acids is 3. The molecule has 0 aliphatic carbocycles. The predicted molar refractivity (Wildman–Crippen MR) is 96.4 cm³/mol. The predicted octanol–water partition coefficient (Wildman–Crippen LogP) is -2.52. The fraction of sp³-hybridized carbons (Fsp3) is 0.625. The summed E-state index contributed by atoms with van der Waals surface area (Å²) in [5.74, 6) is -7.67. The smallest absolute Gasteiger partial charge is 0.325 e. The van der Waals surface area contributed by atoms with Crippen LogP contribution in [0.15, 0.2) is 0 Å². The highest BCUT2D eigenvalue weighted by Gasteiger charge is 2.32. The number of carboxylic acids is 3. The highest BCUT2D eigenvalue weighted by atomic mass is 16.4. The molecule has 3 amide bonds. The third kappa shape index (κ3) is 9.51. The molecule has 8 N–H and O–H groups in total. The summed E-state index contributed by atoms with van der Waals surface area (Å²) in [7, 11) is 0. The zero-order valence-corrected chi connectivity index (χ0v) is 16.2. The average molecular weight is 418 g/mol. The van der Waals surface area contributed by atoms with E-state index < -0.39 is 72.6 Å². The Morgan fingerprint density at radius 2 is 1.10 bits per heavy atom. The standard InChI is InChI=1S/C16H26N4O9/c1-6(2)12(17)15(27)20-9(5-11(23)24)14(26)19-8(4-10(21)22)13(25)18-7(3)16(28)29/h6-9,12H,4-5,17H2,1-3H3,(H,18,25)(H,19,26)(H,20,27)(H,21,22)(H,23,24)(H,28,29). The molecule has 4 atom stereocenters. The lowest BCUT2D eigenvalue weighted by atomic mass is 10.0. The monoisotopic (exact) mass is 418 g/mol. The van der Waals surface area contributed by atoms with Gasteiger partial charge in [-0.3, -0.25) is 28.8 Å². The maximum absolute atomic E-state index is 12.4. The molecule has 13 nitrogen and oxygen atoms in total. The molecule has 0 rings (SSSR count). The molecule has 164 valence electrons. The van der Waals surface area contributed by atoms with Crippen LogP contribution < -0.4 is 21.7 Å². The van der Waals surface area contributed by atoms with Gasteiger partial charge < -0.3 is 37.0 Å². The van der Waals surface area contributed by atoms with E-state index in [0.29, 0.717) is 0 Å². The fourth-order valence-electron chi connectivity index (χ4n) is 1.99. The molecule has 0 bridgehead atoms. The third-order valence-electron chi connectivity index (χ3n) is 3.77. The van der Waals surface area contributed by atoms with Crippen LogP contribution in [0.1, 0.15) is 33.6 Å². The van der Waals surface area contributed by atoms with Gasteiger partial charge in [0.15, 0.2) is 0 Å². The molecule has 0 saturated carbocycles. The summed E-state index contributed by atoms with van der Waals surface area (Å²) < 4.78 is 0. The number of carbonyl (C=O) groups is 6. The highest BCUT2D eigenvalue weighted by molar-refractivity contribution is 5.96. The average Bonchev–Trinajstić information content (AvgIpc) is 2.58. The van der Waals surface area contributed by atoms with E-state index in [1.807, 2.05) is 10.6 Å². The van der Waals surface area contributed by atoms with Crippen LogP contribution in [-0.4, -0.2) is 75.1 Å². The van der Waals surface area contributed by atoms with Crippen molar-refractivity contribution in [2.45, 2.75) is 57.8 Å². The summed E-state index contributed by atoms with van der Waals surface area (Å²) in [4.78, 5) is 69.4. The van der Waals surface area contributed by atoms with Crippen molar-refractivity contribution >= 4 is 35.6 Å². The molecule has 0 radical (unpaired) electrons. The van der Waals surface area contributed by atoms with Gasteiger partial charge in [0.05, 0.1) is 18.9 Å². The van der Waals surface area contributed by atoms with Gasteiger partial charge in [-0.05, 0) is 12.8 Å².